The van der Waals surface area contributed by atoms with Gasteiger partial charge in [0.25, 0.3) is 5.91 Å². The SMILES string of the molecule is NC(=O)[C@H]1CN(C(=O)COc2ccc(Cl)cc2C2CCCCC2)CCO1. The number of hydrogen-bond acceptors (Lipinski definition) is 4. The molecule has 1 aromatic rings. The molecule has 142 valence electrons. The molecule has 2 amide bonds. The van der Waals surface area contributed by atoms with Gasteiger partial charge >= 0.3 is 0 Å². The van der Waals surface area contributed by atoms with Gasteiger partial charge in [0.2, 0.25) is 5.91 Å². The highest BCUT2D eigenvalue weighted by atomic mass is 35.5. The topological polar surface area (TPSA) is 81.9 Å². The lowest BCUT2D eigenvalue weighted by Gasteiger charge is -2.31. The molecule has 0 bridgehead atoms. The van der Waals surface area contributed by atoms with E-state index < -0.39 is 12.0 Å². The van der Waals surface area contributed by atoms with E-state index in [4.69, 9.17) is 26.8 Å². The lowest BCUT2D eigenvalue weighted by molar-refractivity contribution is -0.146. The molecule has 2 N–H and O–H groups in total. The molecule has 0 aromatic heterocycles. The Kier molecular flexibility index (Phi) is 6.38. The molecule has 2 aliphatic rings. The van der Waals surface area contributed by atoms with Crippen molar-refractivity contribution in [3.8, 4) is 5.75 Å². The summed E-state index contributed by atoms with van der Waals surface area (Å²) in [4.78, 5) is 25.3. The van der Waals surface area contributed by atoms with Crippen LogP contribution in [-0.4, -0.2) is 49.1 Å². The third-order valence-corrected chi connectivity index (χ3v) is 5.34. The third kappa shape index (κ3) is 4.68. The Balaban J connectivity index is 1.63. The van der Waals surface area contributed by atoms with Crippen LogP contribution < -0.4 is 10.5 Å². The van der Waals surface area contributed by atoms with Gasteiger partial charge in [-0.05, 0) is 42.5 Å². The lowest BCUT2D eigenvalue weighted by atomic mass is 9.84. The molecule has 26 heavy (non-hydrogen) atoms. The zero-order valence-corrected chi connectivity index (χ0v) is 15.5. The fraction of sp³-hybridized carbons (Fsp3) is 0.579. The van der Waals surface area contributed by atoms with E-state index in [0.717, 1.165) is 24.2 Å². The van der Waals surface area contributed by atoms with Crippen LogP contribution in [0.25, 0.3) is 0 Å². The van der Waals surface area contributed by atoms with Gasteiger partial charge in [-0.15, -0.1) is 0 Å². The van der Waals surface area contributed by atoms with Crippen LogP contribution in [0.3, 0.4) is 0 Å². The maximum Gasteiger partial charge on any atom is 0.260 e. The molecular formula is C19H25ClN2O4. The summed E-state index contributed by atoms with van der Waals surface area (Å²) < 4.78 is 11.1. The molecular weight excluding hydrogens is 356 g/mol. The van der Waals surface area contributed by atoms with Crippen molar-refractivity contribution in [1.29, 1.82) is 0 Å². The molecule has 1 aliphatic heterocycles. The van der Waals surface area contributed by atoms with Crippen molar-refractivity contribution in [3.05, 3.63) is 28.8 Å². The summed E-state index contributed by atoms with van der Waals surface area (Å²) in [6.07, 6.45) is 5.17. The third-order valence-electron chi connectivity index (χ3n) is 5.10. The Morgan fingerprint density at radius 3 is 2.77 bits per heavy atom. The van der Waals surface area contributed by atoms with E-state index in [0.29, 0.717) is 24.1 Å². The standard InChI is InChI=1S/C19H25ClN2O4/c20-14-6-7-16(15(10-14)13-4-2-1-3-5-13)26-12-18(23)22-8-9-25-17(11-22)19(21)24/h6-7,10,13,17H,1-5,8-9,11-12H2,(H2,21,24)/t17-/m1/s1. The molecule has 6 nitrogen and oxygen atoms in total. The fourth-order valence-corrected chi connectivity index (χ4v) is 3.84. The second-order valence-electron chi connectivity index (χ2n) is 6.91. The minimum absolute atomic E-state index is 0.0766. The van der Waals surface area contributed by atoms with Crippen LogP contribution in [-0.2, 0) is 14.3 Å². The number of primary amides is 1. The van der Waals surface area contributed by atoms with E-state index in [2.05, 4.69) is 0 Å². The smallest absolute Gasteiger partial charge is 0.260 e. The predicted octanol–water partition coefficient (Wildman–Crippen LogP) is 2.48. The summed E-state index contributed by atoms with van der Waals surface area (Å²) in [5, 5.41) is 0.682. The number of halogens is 1. The van der Waals surface area contributed by atoms with E-state index in [-0.39, 0.29) is 19.1 Å². The quantitative estimate of drug-likeness (QED) is 0.850. The highest BCUT2D eigenvalue weighted by Gasteiger charge is 2.28. The maximum atomic E-state index is 12.5. The van der Waals surface area contributed by atoms with E-state index in [1.165, 1.54) is 19.3 Å². The number of amides is 2. The zero-order valence-electron chi connectivity index (χ0n) is 14.8. The highest BCUT2D eigenvalue weighted by molar-refractivity contribution is 6.30. The number of nitrogens with zero attached hydrogens (tertiary/aromatic N) is 1. The molecule has 0 unspecified atom stereocenters. The number of carbonyl (C=O) groups excluding carboxylic acids is 2. The van der Waals surface area contributed by atoms with Crippen LogP contribution >= 0.6 is 11.6 Å². The number of morpholine rings is 1. The Morgan fingerprint density at radius 2 is 2.04 bits per heavy atom. The maximum absolute atomic E-state index is 12.5. The van der Waals surface area contributed by atoms with E-state index in [1.54, 1.807) is 11.0 Å². The summed E-state index contributed by atoms with van der Waals surface area (Å²) in [7, 11) is 0. The van der Waals surface area contributed by atoms with Crippen LogP contribution in [0.15, 0.2) is 18.2 Å². The average Bonchev–Trinajstić information content (AvgIpc) is 2.67. The predicted molar refractivity (Wildman–Crippen MR) is 98.3 cm³/mol. The van der Waals surface area contributed by atoms with Gasteiger partial charge in [0, 0.05) is 11.6 Å². The molecule has 1 saturated heterocycles. The van der Waals surface area contributed by atoms with Crippen molar-refractivity contribution < 1.29 is 19.1 Å². The van der Waals surface area contributed by atoms with Crippen molar-refractivity contribution in [2.45, 2.75) is 44.1 Å². The van der Waals surface area contributed by atoms with Gasteiger partial charge in [0.15, 0.2) is 12.7 Å². The highest BCUT2D eigenvalue weighted by Crippen LogP contribution is 2.38. The van der Waals surface area contributed by atoms with Gasteiger partial charge in [-0.25, -0.2) is 0 Å². The molecule has 1 aromatic carbocycles. The first-order chi connectivity index (χ1) is 12.5. The first-order valence-electron chi connectivity index (χ1n) is 9.15. The summed E-state index contributed by atoms with van der Waals surface area (Å²) in [5.41, 5.74) is 6.35. The molecule has 7 heteroatoms. The zero-order chi connectivity index (χ0) is 18.5. The van der Waals surface area contributed by atoms with Gasteiger partial charge in [-0.2, -0.15) is 0 Å². The molecule has 1 aliphatic carbocycles. The van der Waals surface area contributed by atoms with Crippen molar-refractivity contribution in [1.82, 2.24) is 4.90 Å². The summed E-state index contributed by atoms with van der Waals surface area (Å²) >= 11 is 6.18. The first kappa shape index (κ1) is 19.0. The monoisotopic (exact) mass is 380 g/mol. The number of carbonyl (C=O) groups is 2. The van der Waals surface area contributed by atoms with Crippen LogP contribution in [0.4, 0.5) is 0 Å². The average molecular weight is 381 g/mol. The van der Waals surface area contributed by atoms with Crippen LogP contribution in [0.2, 0.25) is 5.02 Å². The Labute approximate surface area is 158 Å². The Morgan fingerprint density at radius 1 is 1.27 bits per heavy atom. The minimum atomic E-state index is -0.749. The van der Waals surface area contributed by atoms with Gasteiger partial charge in [0.05, 0.1) is 13.2 Å². The van der Waals surface area contributed by atoms with Crippen molar-refractivity contribution in [2.75, 3.05) is 26.3 Å². The summed E-state index contributed by atoms with van der Waals surface area (Å²) in [6, 6.07) is 5.58. The largest absolute Gasteiger partial charge is 0.483 e. The van der Waals surface area contributed by atoms with Gasteiger partial charge in [-0.1, -0.05) is 30.9 Å². The number of nitrogens with two attached hydrogens (primary N) is 1. The van der Waals surface area contributed by atoms with E-state index in [1.807, 2.05) is 12.1 Å². The van der Waals surface area contributed by atoms with Crippen molar-refractivity contribution >= 4 is 23.4 Å². The van der Waals surface area contributed by atoms with Crippen molar-refractivity contribution in [2.24, 2.45) is 5.73 Å². The fourth-order valence-electron chi connectivity index (χ4n) is 3.66. The van der Waals surface area contributed by atoms with Gasteiger partial charge in [0.1, 0.15) is 5.75 Å². The van der Waals surface area contributed by atoms with Crippen LogP contribution in [0, 0.1) is 0 Å². The van der Waals surface area contributed by atoms with Crippen molar-refractivity contribution in [3.63, 3.8) is 0 Å². The molecule has 1 saturated carbocycles. The summed E-state index contributed by atoms with van der Waals surface area (Å²) in [5.74, 6) is 0.411. The van der Waals surface area contributed by atoms with E-state index in [9.17, 15) is 9.59 Å². The number of rotatable bonds is 5. The van der Waals surface area contributed by atoms with E-state index >= 15 is 0 Å². The number of benzene rings is 1. The second-order valence-corrected chi connectivity index (χ2v) is 7.34. The first-order valence-corrected chi connectivity index (χ1v) is 9.53. The summed E-state index contributed by atoms with van der Waals surface area (Å²) in [6.45, 7) is 0.830. The molecule has 1 atom stereocenters. The molecule has 0 spiro atoms. The van der Waals surface area contributed by atoms with Crippen LogP contribution in [0.1, 0.15) is 43.6 Å². The Hall–Kier alpha value is -1.79. The van der Waals surface area contributed by atoms with Gasteiger partial charge in [-0.3, -0.25) is 9.59 Å². The lowest BCUT2D eigenvalue weighted by Crippen LogP contribution is -2.51. The molecule has 0 radical (unpaired) electrons. The molecule has 1 heterocycles. The van der Waals surface area contributed by atoms with Gasteiger partial charge < -0.3 is 20.1 Å². The number of ether oxygens (including phenoxy) is 2. The normalized spacial score (nSPS) is 21.4. The second kappa shape index (κ2) is 8.73. The minimum Gasteiger partial charge on any atom is -0.483 e. The molecule has 2 fully saturated rings. The van der Waals surface area contributed by atoms with Crippen LogP contribution in [0.5, 0.6) is 5.75 Å². The Bertz CT molecular complexity index is 661. The molecule has 3 rings (SSSR count). The number of hydrogen-bond donors (Lipinski definition) is 1.